The number of rotatable bonds is 4. The molecule has 0 saturated carbocycles. The average Bonchev–Trinajstić information content (AvgIpc) is 3.78. The van der Waals surface area contributed by atoms with Crippen LogP contribution in [-0.2, 0) is 0 Å². The van der Waals surface area contributed by atoms with Crippen LogP contribution in [0.5, 0.6) is 0 Å². The molecule has 4 heterocycles. The Labute approximate surface area is 302 Å². The summed E-state index contributed by atoms with van der Waals surface area (Å²) < 4.78 is 5.07. The van der Waals surface area contributed by atoms with Gasteiger partial charge in [-0.15, -0.1) is 11.3 Å². The highest BCUT2D eigenvalue weighted by atomic mass is 32.1. The van der Waals surface area contributed by atoms with Crippen molar-refractivity contribution in [2.24, 2.45) is 0 Å². The van der Waals surface area contributed by atoms with Crippen molar-refractivity contribution in [2.45, 2.75) is 0 Å². The van der Waals surface area contributed by atoms with E-state index in [1.54, 1.807) is 6.20 Å². The van der Waals surface area contributed by atoms with Crippen molar-refractivity contribution in [3.05, 3.63) is 170 Å². The van der Waals surface area contributed by atoms with Gasteiger partial charge in [-0.05, 0) is 59.0 Å². The lowest BCUT2D eigenvalue weighted by Gasteiger charge is -2.13. The molecule has 4 nitrogen and oxygen atoms in total. The number of para-hydroxylation sites is 1. The van der Waals surface area contributed by atoms with Crippen molar-refractivity contribution in [2.75, 3.05) is 0 Å². The first kappa shape index (κ1) is 29.1. The third-order valence-corrected chi connectivity index (χ3v) is 11.4. The zero-order chi connectivity index (χ0) is 34.2. The molecule has 4 aromatic heterocycles. The molecule has 0 saturated heterocycles. The molecule has 0 bridgehead atoms. The minimum absolute atomic E-state index is 0.644. The van der Waals surface area contributed by atoms with E-state index < -0.39 is 0 Å². The Kier molecular flexibility index (Phi) is 6.39. The van der Waals surface area contributed by atoms with Crippen LogP contribution in [0.4, 0.5) is 0 Å². The lowest BCUT2D eigenvalue weighted by Crippen LogP contribution is -1.99. The predicted molar refractivity (Wildman–Crippen MR) is 218 cm³/mol. The Balaban J connectivity index is 1.16. The Bertz CT molecular complexity index is 3190. The summed E-state index contributed by atoms with van der Waals surface area (Å²) >= 11 is 1.89. The molecule has 0 amide bonds. The molecule has 0 aliphatic carbocycles. The van der Waals surface area contributed by atoms with Crippen LogP contribution in [0, 0.1) is 0 Å². The van der Waals surface area contributed by atoms with Crippen molar-refractivity contribution in [3.63, 3.8) is 0 Å². The molecular weight excluding hydrogens is 653 g/mol. The van der Waals surface area contributed by atoms with Gasteiger partial charge in [0.2, 0.25) is 0 Å². The van der Waals surface area contributed by atoms with Gasteiger partial charge in [0.1, 0.15) is 0 Å². The number of aromatic nitrogens is 4. The van der Waals surface area contributed by atoms with Crippen molar-refractivity contribution >= 4 is 75.1 Å². The zero-order valence-electron chi connectivity index (χ0n) is 27.9. The van der Waals surface area contributed by atoms with E-state index in [-0.39, 0.29) is 0 Å². The Morgan fingerprint density at radius 1 is 0.462 bits per heavy atom. The summed E-state index contributed by atoms with van der Waals surface area (Å²) in [4.78, 5) is 15.0. The van der Waals surface area contributed by atoms with Gasteiger partial charge in [0, 0.05) is 64.7 Å². The maximum absolute atomic E-state index is 5.28. The first-order valence-electron chi connectivity index (χ1n) is 17.4. The number of nitrogens with zero attached hydrogens (tertiary/aromatic N) is 4. The van der Waals surface area contributed by atoms with E-state index in [0.29, 0.717) is 11.5 Å². The monoisotopic (exact) mass is 680 g/mol. The first-order valence-corrected chi connectivity index (χ1v) is 18.3. The van der Waals surface area contributed by atoms with Crippen LogP contribution >= 0.6 is 11.3 Å². The Morgan fingerprint density at radius 2 is 1.15 bits per heavy atom. The van der Waals surface area contributed by atoms with Gasteiger partial charge in [0.15, 0.2) is 11.5 Å². The minimum Gasteiger partial charge on any atom is -0.309 e. The Hall–Kier alpha value is -6.69. The molecule has 0 unspecified atom stereocenters. The maximum Gasteiger partial charge on any atom is 0.163 e. The molecule has 0 atom stereocenters. The van der Waals surface area contributed by atoms with Gasteiger partial charge < -0.3 is 4.57 Å². The second-order valence-corrected chi connectivity index (χ2v) is 14.2. The molecule has 11 rings (SSSR count). The Morgan fingerprint density at radius 3 is 2.06 bits per heavy atom. The van der Waals surface area contributed by atoms with E-state index in [0.717, 1.165) is 33.5 Å². The highest BCUT2D eigenvalue weighted by Gasteiger charge is 2.22. The highest BCUT2D eigenvalue weighted by molar-refractivity contribution is 7.27. The second-order valence-electron chi connectivity index (χ2n) is 13.2. The van der Waals surface area contributed by atoms with Crippen molar-refractivity contribution in [3.8, 4) is 39.5 Å². The third kappa shape index (κ3) is 4.36. The highest BCUT2D eigenvalue weighted by Crippen LogP contribution is 2.48. The lowest BCUT2D eigenvalue weighted by atomic mass is 9.99. The SMILES string of the molecule is c1ccc(-c2cccc(-c3nc(-c4cccc(-n5c6ccccc6c6c7sc8ccccc8c7c7ccccc7c65)c4)nc4ncccc34)c2)cc1. The van der Waals surface area contributed by atoms with Gasteiger partial charge in [-0.1, -0.05) is 121 Å². The summed E-state index contributed by atoms with van der Waals surface area (Å²) in [5.74, 6) is 0.644. The van der Waals surface area contributed by atoms with Crippen LogP contribution in [-0.4, -0.2) is 19.5 Å². The smallest absolute Gasteiger partial charge is 0.163 e. The molecular formula is C47H28N4S. The molecule has 242 valence electrons. The standard InChI is InChI=1S/C47H28N4S/c1-2-13-29(14-3-1)30-15-10-16-31(27-30)43-38-23-12-26-48-47(38)50-46(49-43)32-17-11-18-33(28-32)51-39-24-8-6-21-36(39)42-44(51)35-20-5-4-19-34(35)41-37-22-7-9-25-40(37)52-45(41)42/h1-28H. The second kappa shape index (κ2) is 11.4. The molecule has 0 aliphatic heterocycles. The molecule has 0 spiro atoms. The van der Waals surface area contributed by atoms with Crippen LogP contribution in [0.1, 0.15) is 0 Å². The number of hydrogen-bond acceptors (Lipinski definition) is 4. The number of benzene rings is 7. The molecule has 7 aromatic carbocycles. The lowest BCUT2D eigenvalue weighted by molar-refractivity contribution is 1.16. The number of pyridine rings is 1. The normalized spacial score (nSPS) is 11.8. The van der Waals surface area contributed by atoms with E-state index in [2.05, 4.69) is 156 Å². The number of thiophene rings is 1. The van der Waals surface area contributed by atoms with Crippen molar-refractivity contribution in [1.82, 2.24) is 19.5 Å². The van der Waals surface area contributed by atoms with E-state index in [9.17, 15) is 0 Å². The van der Waals surface area contributed by atoms with Crippen LogP contribution in [0.2, 0.25) is 0 Å². The quantitative estimate of drug-likeness (QED) is 0.186. The molecule has 0 N–H and O–H groups in total. The van der Waals surface area contributed by atoms with Gasteiger partial charge in [-0.3, -0.25) is 0 Å². The fraction of sp³-hybridized carbons (Fsp3) is 0. The van der Waals surface area contributed by atoms with Crippen LogP contribution < -0.4 is 0 Å². The van der Waals surface area contributed by atoms with Gasteiger partial charge in [-0.25, -0.2) is 15.0 Å². The topological polar surface area (TPSA) is 43.6 Å². The summed E-state index contributed by atoms with van der Waals surface area (Å²) in [7, 11) is 0. The van der Waals surface area contributed by atoms with Gasteiger partial charge >= 0.3 is 0 Å². The predicted octanol–water partition coefficient (Wildman–Crippen LogP) is 12.6. The fourth-order valence-electron chi connectivity index (χ4n) is 7.96. The number of hydrogen-bond donors (Lipinski definition) is 0. The first-order chi connectivity index (χ1) is 25.8. The summed E-state index contributed by atoms with van der Waals surface area (Å²) in [6, 6.07) is 58.2. The van der Waals surface area contributed by atoms with E-state index in [1.165, 1.54) is 58.3 Å². The largest absolute Gasteiger partial charge is 0.309 e. The molecule has 52 heavy (non-hydrogen) atoms. The van der Waals surface area contributed by atoms with E-state index >= 15 is 0 Å². The van der Waals surface area contributed by atoms with Gasteiger partial charge in [0.05, 0.1) is 16.7 Å². The van der Waals surface area contributed by atoms with Gasteiger partial charge in [0.25, 0.3) is 0 Å². The van der Waals surface area contributed by atoms with Crippen LogP contribution in [0.3, 0.4) is 0 Å². The minimum atomic E-state index is 0.644. The van der Waals surface area contributed by atoms with Crippen LogP contribution in [0.15, 0.2) is 170 Å². The zero-order valence-corrected chi connectivity index (χ0v) is 28.7. The average molecular weight is 681 g/mol. The fourth-order valence-corrected chi connectivity index (χ4v) is 9.24. The summed E-state index contributed by atoms with van der Waals surface area (Å²) in [5.41, 5.74) is 9.26. The molecule has 11 aromatic rings. The van der Waals surface area contributed by atoms with Crippen molar-refractivity contribution in [1.29, 1.82) is 0 Å². The molecule has 5 heteroatoms. The summed E-state index contributed by atoms with van der Waals surface area (Å²) in [6.07, 6.45) is 1.80. The van der Waals surface area contributed by atoms with Crippen molar-refractivity contribution < 1.29 is 0 Å². The van der Waals surface area contributed by atoms with E-state index in [4.69, 9.17) is 15.0 Å². The van der Waals surface area contributed by atoms with Crippen LogP contribution in [0.25, 0.3) is 103 Å². The summed E-state index contributed by atoms with van der Waals surface area (Å²) in [6.45, 7) is 0. The maximum atomic E-state index is 5.28. The molecule has 0 fully saturated rings. The third-order valence-electron chi connectivity index (χ3n) is 10.2. The van der Waals surface area contributed by atoms with E-state index in [1.807, 2.05) is 23.5 Å². The summed E-state index contributed by atoms with van der Waals surface area (Å²) in [5, 5.41) is 8.62. The molecule has 0 aliphatic rings. The molecule has 0 radical (unpaired) electrons. The number of fused-ring (bicyclic) bond motifs is 11. The van der Waals surface area contributed by atoms with Gasteiger partial charge in [-0.2, -0.15) is 0 Å².